The summed E-state index contributed by atoms with van der Waals surface area (Å²) in [6, 6.07) is 59.2. The molecule has 56 heavy (non-hydrogen) atoms. The number of allylic oxidation sites excluding steroid dienone is 8. The molecule has 0 spiro atoms. The van der Waals surface area contributed by atoms with E-state index in [0.717, 1.165) is 12.8 Å². The number of hydrogen-bond donors (Lipinski definition) is 0. The first kappa shape index (κ1) is 31.8. The van der Waals surface area contributed by atoms with E-state index in [2.05, 4.69) is 193 Å². The lowest BCUT2D eigenvalue weighted by atomic mass is 9.73. The first-order valence-electron chi connectivity index (χ1n) is 19.8. The maximum Gasteiger partial charge on any atom is 0.0551 e. The summed E-state index contributed by atoms with van der Waals surface area (Å²) in [6.07, 6.45) is 13.7. The standard InChI is InChI=1S/C54H37NS/c1-2-13-35(14-3-1)38-15-6-8-23-48(38)55(49-24-12-26-51-54(49)46-18-7-9-25-50(46)56-51)37-30-27-34(28-31-37)36-29-32-40-43-20-11-21-44-45-22-10-19-42(53(45)47(40)33-36)39-16-4-5-17-41(39)52(43)44/h1-7,9-22,24-33,44,52H,8,23H2. The van der Waals surface area contributed by atoms with Crippen molar-refractivity contribution in [3.05, 3.63) is 216 Å². The molecule has 0 radical (unpaired) electrons. The lowest BCUT2D eigenvalue weighted by Crippen LogP contribution is -2.19. The Balaban J connectivity index is 1.03. The van der Waals surface area contributed by atoms with E-state index in [0.29, 0.717) is 11.8 Å². The predicted molar refractivity (Wildman–Crippen MR) is 239 cm³/mol. The van der Waals surface area contributed by atoms with E-state index >= 15 is 0 Å². The highest BCUT2D eigenvalue weighted by molar-refractivity contribution is 7.26. The monoisotopic (exact) mass is 731 g/mol. The van der Waals surface area contributed by atoms with Crippen LogP contribution in [-0.4, -0.2) is 0 Å². The molecular weight excluding hydrogens is 695 g/mol. The van der Waals surface area contributed by atoms with Crippen LogP contribution < -0.4 is 4.90 Å². The largest absolute Gasteiger partial charge is 0.313 e. The molecule has 6 bridgehead atoms. The molecule has 7 aromatic carbocycles. The fourth-order valence-corrected chi connectivity index (χ4v) is 11.2. The summed E-state index contributed by atoms with van der Waals surface area (Å²) < 4.78 is 2.64. The molecule has 4 aliphatic rings. The van der Waals surface area contributed by atoms with Crippen LogP contribution in [0.5, 0.6) is 0 Å². The van der Waals surface area contributed by atoms with Gasteiger partial charge in [-0.2, -0.15) is 0 Å². The highest BCUT2D eigenvalue weighted by Gasteiger charge is 2.39. The zero-order valence-corrected chi connectivity index (χ0v) is 31.6. The summed E-state index contributed by atoms with van der Waals surface area (Å²) in [4.78, 5) is 2.56. The Kier molecular flexibility index (Phi) is 7.12. The van der Waals surface area contributed by atoms with Gasteiger partial charge < -0.3 is 4.90 Å². The maximum atomic E-state index is 2.56. The van der Waals surface area contributed by atoms with Gasteiger partial charge in [0.25, 0.3) is 0 Å². The van der Waals surface area contributed by atoms with Crippen molar-refractivity contribution in [3.63, 3.8) is 0 Å². The van der Waals surface area contributed by atoms with Gasteiger partial charge in [-0.15, -0.1) is 11.3 Å². The van der Waals surface area contributed by atoms with Crippen LogP contribution in [0.3, 0.4) is 0 Å². The number of nitrogens with zero attached hydrogens (tertiary/aromatic N) is 1. The molecule has 0 N–H and O–H groups in total. The van der Waals surface area contributed by atoms with E-state index in [1.165, 1.54) is 104 Å². The average molecular weight is 732 g/mol. The minimum absolute atomic E-state index is 0.307. The summed E-state index contributed by atoms with van der Waals surface area (Å²) in [6.45, 7) is 0. The van der Waals surface area contributed by atoms with Gasteiger partial charge in [-0.25, -0.2) is 0 Å². The van der Waals surface area contributed by atoms with E-state index in [4.69, 9.17) is 0 Å². The van der Waals surface area contributed by atoms with Crippen molar-refractivity contribution in [3.8, 4) is 33.4 Å². The zero-order valence-electron chi connectivity index (χ0n) is 30.8. The van der Waals surface area contributed by atoms with Crippen LogP contribution in [0.4, 0.5) is 11.4 Å². The highest BCUT2D eigenvalue weighted by atomic mass is 32.1. The van der Waals surface area contributed by atoms with E-state index in [1.807, 2.05) is 11.3 Å². The third-order valence-corrected chi connectivity index (χ3v) is 13.6. The highest BCUT2D eigenvalue weighted by Crippen LogP contribution is 2.59. The Morgan fingerprint density at radius 3 is 2.27 bits per heavy atom. The van der Waals surface area contributed by atoms with Crippen LogP contribution in [0.15, 0.2) is 194 Å². The SMILES string of the molecule is C1=CC2c3cccc4c3-c3cc(-c5ccc(N(C6=C(c7ccccc7)C=CCC6)c6cccc7sc8ccccc8c67)cc5)ccc3C(=C1)C2c1ccccc1-4. The Hall–Kier alpha value is -6.48. The van der Waals surface area contributed by atoms with Crippen LogP contribution >= 0.6 is 11.3 Å². The molecule has 4 aliphatic carbocycles. The summed E-state index contributed by atoms with van der Waals surface area (Å²) in [5, 5.41) is 2.64. The van der Waals surface area contributed by atoms with Gasteiger partial charge in [-0.1, -0.05) is 152 Å². The molecule has 0 amide bonds. The fourth-order valence-electron chi connectivity index (χ4n) is 10.1. The molecule has 0 aliphatic heterocycles. The summed E-state index contributed by atoms with van der Waals surface area (Å²) in [5.74, 6) is 0.631. The Morgan fingerprint density at radius 1 is 0.571 bits per heavy atom. The normalized spacial score (nSPS) is 17.4. The Labute approximate surface area is 331 Å². The zero-order chi connectivity index (χ0) is 36.7. The predicted octanol–water partition coefficient (Wildman–Crippen LogP) is 15.1. The summed E-state index contributed by atoms with van der Waals surface area (Å²) >= 11 is 1.88. The second-order valence-electron chi connectivity index (χ2n) is 15.4. The quantitative estimate of drug-likeness (QED) is 0.170. The first-order valence-corrected chi connectivity index (χ1v) is 20.6. The number of rotatable bonds is 5. The lowest BCUT2D eigenvalue weighted by Gasteiger charge is -2.32. The van der Waals surface area contributed by atoms with Crippen LogP contribution in [0, 0.1) is 0 Å². The number of benzene rings is 7. The third kappa shape index (κ3) is 4.73. The molecule has 1 heterocycles. The van der Waals surface area contributed by atoms with Crippen molar-refractivity contribution in [2.75, 3.05) is 4.90 Å². The summed E-state index contributed by atoms with van der Waals surface area (Å²) in [7, 11) is 0. The minimum atomic E-state index is 0.307. The van der Waals surface area contributed by atoms with Gasteiger partial charge in [0.2, 0.25) is 0 Å². The van der Waals surface area contributed by atoms with Crippen LogP contribution in [0.2, 0.25) is 0 Å². The molecule has 264 valence electrons. The molecule has 8 aromatic rings. The molecule has 0 fully saturated rings. The number of anilines is 2. The minimum Gasteiger partial charge on any atom is -0.313 e. The van der Waals surface area contributed by atoms with Gasteiger partial charge in [0, 0.05) is 49.0 Å². The van der Waals surface area contributed by atoms with Gasteiger partial charge >= 0.3 is 0 Å². The molecule has 0 saturated carbocycles. The molecule has 1 aromatic heterocycles. The number of thiophene rings is 1. The topological polar surface area (TPSA) is 3.24 Å². The van der Waals surface area contributed by atoms with Crippen LogP contribution in [-0.2, 0) is 0 Å². The van der Waals surface area contributed by atoms with Gasteiger partial charge in [0.15, 0.2) is 0 Å². The second kappa shape index (κ2) is 12.5. The molecule has 1 nitrogen and oxygen atoms in total. The summed E-state index contributed by atoms with van der Waals surface area (Å²) in [5.41, 5.74) is 19.9. The van der Waals surface area contributed by atoms with Gasteiger partial charge in [-0.05, 0) is 110 Å². The van der Waals surface area contributed by atoms with Crippen LogP contribution in [0.1, 0.15) is 46.9 Å². The van der Waals surface area contributed by atoms with Crippen molar-refractivity contribution in [1.82, 2.24) is 0 Å². The lowest BCUT2D eigenvalue weighted by molar-refractivity contribution is 0.758. The second-order valence-corrected chi connectivity index (χ2v) is 16.5. The van der Waals surface area contributed by atoms with Gasteiger partial charge in [-0.3, -0.25) is 0 Å². The van der Waals surface area contributed by atoms with Crippen molar-refractivity contribution in [2.24, 2.45) is 0 Å². The molecule has 2 atom stereocenters. The smallest absolute Gasteiger partial charge is 0.0551 e. The van der Waals surface area contributed by atoms with E-state index in [1.54, 1.807) is 0 Å². The number of hydrogen-bond acceptors (Lipinski definition) is 2. The molecular formula is C54H37NS. The van der Waals surface area contributed by atoms with Crippen LogP contribution in [0.25, 0.3) is 64.7 Å². The van der Waals surface area contributed by atoms with Crippen molar-refractivity contribution >= 4 is 54.0 Å². The van der Waals surface area contributed by atoms with E-state index in [9.17, 15) is 0 Å². The third-order valence-electron chi connectivity index (χ3n) is 12.5. The number of fused-ring (bicyclic) bond motifs is 7. The van der Waals surface area contributed by atoms with Crippen molar-refractivity contribution in [1.29, 1.82) is 0 Å². The van der Waals surface area contributed by atoms with E-state index < -0.39 is 0 Å². The average Bonchev–Trinajstić information content (AvgIpc) is 3.61. The molecule has 12 rings (SSSR count). The Morgan fingerprint density at radius 2 is 1.34 bits per heavy atom. The Bertz CT molecular complexity index is 3030. The molecule has 0 saturated heterocycles. The van der Waals surface area contributed by atoms with Crippen molar-refractivity contribution in [2.45, 2.75) is 24.7 Å². The maximum absolute atomic E-state index is 2.56. The van der Waals surface area contributed by atoms with E-state index in [-0.39, 0.29) is 0 Å². The molecule has 2 unspecified atom stereocenters. The van der Waals surface area contributed by atoms with Gasteiger partial charge in [0.05, 0.1) is 5.69 Å². The fraction of sp³-hybridized carbons (Fsp3) is 0.0741. The van der Waals surface area contributed by atoms with Gasteiger partial charge in [0.1, 0.15) is 0 Å². The first-order chi connectivity index (χ1) is 27.8. The molecule has 2 heteroatoms. The van der Waals surface area contributed by atoms with Crippen molar-refractivity contribution < 1.29 is 0 Å².